The third kappa shape index (κ3) is 8.22. The van der Waals surface area contributed by atoms with Crippen LogP contribution in [0.4, 0.5) is 0 Å². The SMILES string of the molecule is NCCCCCCCCCCC(=O)N1CCNCC1. The molecule has 0 bridgehead atoms. The van der Waals surface area contributed by atoms with Crippen LogP contribution in [0.2, 0.25) is 0 Å². The molecule has 0 aromatic carbocycles. The molecule has 0 unspecified atom stereocenters. The smallest absolute Gasteiger partial charge is 0.222 e. The Labute approximate surface area is 118 Å². The summed E-state index contributed by atoms with van der Waals surface area (Å²) in [7, 11) is 0. The normalized spacial score (nSPS) is 15.7. The Kier molecular flexibility index (Phi) is 9.72. The van der Waals surface area contributed by atoms with Crippen LogP contribution in [0.3, 0.4) is 0 Å². The molecule has 1 aliphatic heterocycles. The zero-order valence-corrected chi connectivity index (χ0v) is 12.3. The minimum absolute atomic E-state index is 0.351. The van der Waals surface area contributed by atoms with Crippen LogP contribution in [0, 0.1) is 0 Å². The first-order chi connectivity index (χ1) is 9.34. The number of nitrogens with two attached hydrogens (primary N) is 1. The predicted octanol–water partition coefficient (Wildman–Crippen LogP) is 1.89. The zero-order valence-electron chi connectivity index (χ0n) is 12.3. The molecule has 1 heterocycles. The predicted molar refractivity (Wildman–Crippen MR) is 80.1 cm³/mol. The molecule has 1 aliphatic rings. The van der Waals surface area contributed by atoms with Gasteiger partial charge in [-0.3, -0.25) is 4.79 Å². The van der Waals surface area contributed by atoms with Crippen molar-refractivity contribution in [2.45, 2.75) is 57.8 Å². The molecule has 112 valence electrons. The van der Waals surface area contributed by atoms with E-state index in [9.17, 15) is 4.79 Å². The van der Waals surface area contributed by atoms with E-state index in [4.69, 9.17) is 5.73 Å². The van der Waals surface area contributed by atoms with Crippen LogP contribution in [0.15, 0.2) is 0 Å². The van der Waals surface area contributed by atoms with Crippen LogP contribution >= 0.6 is 0 Å². The van der Waals surface area contributed by atoms with Crippen molar-refractivity contribution in [3.05, 3.63) is 0 Å². The highest BCUT2D eigenvalue weighted by Gasteiger charge is 2.14. The fraction of sp³-hybridized carbons (Fsp3) is 0.933. The molecule has 4 nitrogen and oxygen atoms in total. The summed E-state index contributed by atoms with van der Waals surface area (Å²) in [6, 6.07) is 0. The van der Waals surface area contributed by atoms with E-state index in [2.05, 4.69) is 5.32 Å². The van der Waals surface area contributed by atoms with E-state index in [1.165, 1.54) is 44.9 Å². The fourth-order valence-corrected chi connectivity index (χ4v) is 2.55. The van der Waals surface area contributed by atoms with Gasteiger partial charge in [-0.15, -0.1) is 0 Å². The van der Waals surface area contributed by atoms with Crippen molar-refractivity contribution in [1.29, 1.82) is 0 Å². The van der Waals surface area contributed by atoms with Crippen LogP contribution in [0.25, 0.3) is 0 Å². The lowest BCUT2D eigenvalue weighted by Gasteiger charge is -2.27. The zero-order chi connectivity index (χ0) is 13.8. The quantitative estimate of drug-likeness (QED) is 0.595. The number of hydrogen-bond acceptors (Lipinski definition) is 3. The van der Waals surface area contributed by atoms with Crippen molar-refractivity contribution in [3.8, 4) is 0 Å². The average Bonchev–Trinajstić information content (AvgIpc) is 2.46. The first-order valence-electron chi connectivity index (χ1n) is 8.03. The number of nitrogens with zero attached hydrogens (tertiary/aromatic N) is 1. The Morgan fingerprint density at radius 1 is 0.895 bits per heavy atom. The molecule has 1 saturated heterocycles. The summed E-state index contributed by atoms with van der Waals surface area (Å²) >= 11 is 0. The molecule has 1 rings (SSSR count). The molecule has 0 spiro atoms. The molecule has 0 atom stereocenters. The Balaban J connectivity index is 1.86. The van der Waals surface area contributed by atoms with Gasteiger partial charge in [-0.05, 0) is 19.4 Å². The van der Waals surface area contributed by atoms with Gasteiger partial charge in [-0.25, -0.2) is 0 Å². The van der Waals surface area contributed by atoms with Crippen molar-refractivity contribution >= 4 is 5.91 Å². The van der Waals surface area contributed by atoms with Gasteiger partial charge in [0.1, 0.15) is 0 Å². The summed E-state index contributed by atoms with van der Waals surface area (Å²) in [6.45, 7) is 4.51. The van der Waals surface area contributed by atoms with Crippen LogP contribution < -0.4 is 11.1 Å². The largest absolute Gasteiger partial charge is 0.340 e. The van der Waals surface area contributed by atoms with E-state index in [1.54, 1.807) is 0 Å². The summed E-state index contributed by atoms with van der Waals surface area (Å²) in [4.78, 5) is 13.9. The van der Waals surface area contributed by atoms with Crippen molar-refractivity contribution in [2.75, 3.05) is 32.7 Å². The summed E-state index contributed by atoms with van der Waals surface area (Å²) in [5.74, 6) is 0.351. The molecular formula is C15H31N3O. The maximum Gasteiger partial charge on any atom is 0.222 e. The van der Waals surface area contributed by atoms with Gasteiger partial charge in [0.25, 0.3) is 0 Å². The number of rotatable bonds is 10. The Morgan fingerprint density at radius 3 is 2.00 bits per heavy atom. The third-order valence-electron chi connectivity index (χ3n) is 3.81. The lowest BCUT2D eigenvalue weighted by molar-refractivity contribution is -0.131. The second-order valence-electron chi connectivity index (χ2n) is 5.50. The number of unbranched alkanes of at least 4 members (excludes halogenated alkanes) is 7. The number of carbonyl (C=O) groups is 1. The van der Waals surface area contributed by atoms with Gasteiger partial charge in [-0.1, -0.05) is 38.5 Å². The third-order valence-corrected chi connectivity index (χ3v) is 3.81. The minimum Gasteiger partial charge on any atom is -0.340 e. The van der Waals surface area contributed by atoms with Crippen LogP contribution in [0.1, 0.15) is 57.8 Å². The van der Waals surface area contributed by atoms with Crippen LogP contribution in [0.5, 0.6) is 0 Å². The minimum atomic E-state index is 0.351. The molecule has 4 heteroatoms. The fourth-order valence-electron chi connectivity index (χ4n) is 2.55. The maximum atomic E-state index is 11.9. The first-order valence-corrected chi connectivity index (χ1v) is 8.03. The number of carbonyl (C=O) groups excluding carboxylic acids is 1. The molecule has 1 amide bonds. The standard InChI is InChI=1S/C15H31N3O/c16-10-8-6-4-2-1-3-5-7-9-15(19)18-13-11-17-12-14-18/h17H,1-14,16H2. The van der Waals surface area contributed by atoms with E-state index < -0.39 is 0 Å². The van der Waals surface area contributed by atoms with E-state index in [-0.39, 0.29) is 0 Å². The summed E-state index contributed by atoms with van der Waals surface area (Å²) in [6.07, 6.45) is 10.7. The number of piperazine rings is 1. The topological polar surface area (TPSA) is 58.4 Å². The second kappa shape index (κ2) is 11.2. The Bertz CT molecular complexity index is 227. The van der Waals surface area contributed by atoms with E-state index >= 15 is 0 Å². The summed E-state index contributed by atoms with van der Waals surface area (Å²) in [5.41, 5.74) is 5.46. The van der Waals surface area contributed by atoms with Gasteiger partial charge < -0.3 is 16.0 Å². The highest BCUT2D eigenvalue weighted by atomic mass is 16.2. The van der Waals surface area contributed by atoms with Gasteiger partial charge in [0.15, 0.2) is 0 Å². The van der Waals surface area contributed by atoms with Gasteiger partial charge >= 0.3 is 0 Å². The molecule has 1 fully saturated rings. The highest BCUT2D eigenvalue weighted by molar-refractivity contribution is 5.76. The van der Waals surface area contributed by atoms with Crippen molar-refractivity contribution in [1.82, 2.24) is 10.2 Å². The molecule has 0 aromatic rings. The molecule has 0 radical (unpaired) electrons. The monoisotopic (exact) mass is 269 g/mol. The Hall–Kier alpha value is -0.610. The van der Waals surface area contributed by atoms with Crippen LogP contribution in [-0.4, -0.2) is 43.5 Å². The number of hydrogen-bond donors (Lipinski definition) is 2. The van der Waals surface area contributed by atoms with Gasteiger partial charge in [-0.2, -0.15) is 0 Å². The molecule has 3 N–H and O–H groups in total. The Morgan fingerprint density at radius 2 is 1.42 bits per heavy atom. The van der Waals surface area contributed by atoms with Crippen molar-refractivity contribution in [2.24, 2.45) is 5.73 Å². The van der Waals surface area contributed by atoms with Gasteiger partial charge in [0.2, 0.25) is 5.91 Å². The van der Waals surface area contributed by atoms with Crippen LogP contribution in [-0.2, 0) is 4.79 Å². The number of nitrogens with one attached hydrogen (secondary N) is 1. The van der Waals surface area contributed by atoms with Crippen molar-refractivity contribution in [3.63, 3.8) is 0 Å². The maximum absolute atomic E-state index is 11.9. The van der Waals surface area contributed by atoms with E-state index in [0.29, 0.717) is 5.91 Å². The molecular weight excluding hydrogens is 238 g/mol. The molecule has 0 aromatic heterocycles. The molecule has 0 saturated carbocycles. The second-order valence-corrected chi connectivity index (χ2v) is 5.50. The molecule has 0 aliphatic carbocycles. The van der Waals surface area contributed by atoms with E-state index in [0.717, 1.165) is 45.6 Å². The lowest BCUT2D eigenvalue weighted by Crippen LogP contribution is -2.46. The highest BCUT2D eigenvalue weighted by Crippen LogP contribution is 2.10. The van der Waals surface area contributed by atoms with Gasteiger partial charge in [0.05, 0.1) is 0 Å². The molecule has 19 heavy (non-hydrogen) atoms. The first kappa shape index (κ1) is 16.4. The van der Waals surface area contributed by atoms with Gasteiger partial charge in [0, 0.05) is 32.6 Å². The number of amides is 1. The van der Waals surface area contributed by atoms with Crippen molar-refractivity contribution < 1.29 is 4.79 Å². The summed E-state index contributed by atoms with van der Waals surface area (Å²) < 4.78 is 0. The summed E-state index contributed by atoms with van der Waals surface area (Å²) in [5, 5.41) is 3.27. The van der Waals surface area contributed by atoms with E-state index in [1.807, 2.05) is 4.90 Å². The average molecular weight is 269 g/mol. The lowest BCUT2D eigenvalue weighted by atomic mass is 10.1.